The first kappa shape index (κ1) is 29.3. The molecule has 10 nitrogen and oxygen atoms in total. The average Bonchev–Trinajstić information content (AvgIpc) is 3.83. The SMILES string of the molecule is O=C(O)NC1(c2ccc(-c3ncc(NC(=O)C[C@H]4CC[C@H](NS(=O)(=O)C5CC5)CC4)cc3-c3ccccc3)cc2)COC1. The Balaban J connectivity index is 1.14. The Bertz CT molecular complexity index is 1580. The van der Waals surface area contributed by atoms with E-state index in [0.717, 1.165) is 66.5 Å². The highest BCUT2D eigenvalue weighted by molar-refractivity contribution is 7.90. The van der Waals surface area contributed by atoms with Crippen LogP contribution in [0.4, 0.5) is 10.5 Å². The number of benzene rings is 2. The van der Waals surface area contributed by atoms with E-state index in [1.165, 1.54) is 0 Å². The van der Waals surface area contributed by atoms with E-state index in [1.807, 2.05) is 60.7 Å². The maximum Gasteiger partial charge on any atom is 0.405 e. The zero-order valence-corrected chi connectivity index (χ0v) is 24.6. The molecule has 43 heavy (non-hydrogen) atoms. The number of aromatic nitrogens is 1. The summed E-state index contributed by atoms with van der Waals surface area (Å²) in [6, 6.07) is 19.4. The van der Waals surface area contributed by atoms with Crippen molar-refractivity contribution in [1.82, 2.24) is 15.0 Å². The van der Waals surface area contributed by atoms with Crippen LogP contribution in [-0.2, 0) is 25.1 Å². The van der Waals surface area contributed by atoms with Crippen LogP contribution in [0.5, 0.6) is 0 Å². The molecule has 4 N–H and O–H groups in total. The average molecular weight is 605 g/mol. The minimum Gasteiger partial charge on any atom is -0.465 e. The minimum atomic E-state index is -3.20. The van der Waals surface area contributed by atoms with Crippen molar-refractivity contribution < 1.29 is 27.9 Å². The summed E-state index contributed by atoms with van der Waals surface area (Å²) in [7, 11) is -3.20. The number of ether oxygens (including phenoxy) is 1. The smallest absolute Gasteiger partial charge is 0.405 e. The van der Waals surface area contributed by atoms with Gasteiger partial charge in [0.15, 0.2) is 0 Å². The number of carbonyl (C=O) groups is 2. The van der Waals surface area contributed by atoms with Gasteiger partial charge in [0.05, 0.1) is 36.0 Å². The van der Waals surface area contributed by atoms with Crippen LogP contribution in [0, 0.1) is 5.92 Å². The lowest BCUT2D eigenvalue weighted by atomic mass is 9.84. The van der Waals surface area contributed by atoms with Gasteiger partial charge in [0.2, 0.25) is 15.9 Å². The van der Waals surface area contributed by atoms with Crippen molar-refractivity contribution >= 4 is 27.7 Å². The number of carboxylic acid groups (broad SMARTS) is 1. The first-order valence-corrected chi connectivity index (χ1v) is 16.3. The monoisotopic (exact) mass is 604 g/mol. The topological polar surface area (TPSA) is 147 Å². The highest BCUT2D eigenvalue weighted by atomic mass is 32.2. The van der Waals surface area contributed by atoms with Gasteiger partial charge in [0.25, 0.3) is 0 Å². The summed E-state index contributed by atoms with van der Waals surface area (Å²) in [6.07, 6.45) is 5.55. The van der Waals surface area contributed by atoms with Crippen LogP contribution in [-0.4, -0.2) is 55.0 Å². The molecule has 2 heterocycles. The molecule has 0 bridgehead atoms. The molecule has 0 radical (unpaired) electrons. The van der Waals surface area contributed by atoms with Crippen molar-refractivity contribution in [3.05, 3.63) is 72.4 Å². The lowest BCUT2D eigenvalue weighted by Crippen LogP contribution is -2.59. The maximum atomic E-state index is 13.0. The van der Waals surface area contributed by atoms with Crippen molar-refractivity contribution in [2.45, 2.75) is 61.8 Å². The Morgan fingerprint density at radius 2 is 1.63 bits per heavy atom. The summed E-state index contributed by atoms with van der Waals surface area (Å²) in [5, 5.41) is 14.7. The van der Waals surface area contributed by atoms with Crippen molar-refractivity contribution in [1.29, 1.82) is 0 Å². The first-order chi connectivity index (χ1) is 20.7. The molecule has 1 saturated heterocycles. The number of nitrogens with one attached hydrogen (secondary N) is 3. The third-order valence-electron chi connectivity index (χ3n) is 8.63. The standard InChI is InChI=1S/C32H36N4O6S/c37-29(16-21-6-12-25(13-7-21)36-43(40,41)27-14-15-27)34-26-17-28(22-4-2-1-3-5-22)30(33-18-26)23-8-10-24(11-9-23)32(19-42-20-32)35-31(38)39/h1-5,8-11,17-18,21,25,27,35-36H,6-7,12-16,19-20H2,(H,34,37)(H,38,39)/t21-,25-. The molecule has 1 aliphatic heterocycles. The van der Waals surface area contributed by atoms with Crippen molar-refractivity contribution in [3.8, 4) is 22.4 Å². The Hall–Kier alpha value is -3.80. The number of amides is 2. The third-order valence-corrected chi connectivity index (χ3v) is 10.6. The minimum absolute atomic E-state index is 0.0369. The van der Waals surface area contributed by atoms with Crippen LogP contribution < -0.4 is 15.4 Å². The van der Waals surface area contributed by atoms with Crippen molar-refractivity contribution in [2.75, 3.05) is 18.5 Å². The van der Waals surface area contributed by atoms with Gasteiger partial charge in [0, 0.05) is 23.6 Å². The van der Waals surface area contributed by atoms with Gasteiger partial charge in [-0.15, -0.1) is 0 Å². The maximum absolute atomic E-state index is 13.0. The molecule has 3 aliphatic rings. The molecule has 0 atom stereocenters. The van der Waals surface area contributed by atoms with Crippen LogP contribution >= 0.6 is 0 Å². The second-order valence-corrected chi connectivity index (χ2v) is 13.9. The van der Waals surface area contributed by atoms with E-state index >= 15 is 0 Å². The number of anilines is 1. The second-order valence-electron chi connectivity index (χ2n) is 11.9. The van der Waals surface area contributed by atoms with Crippen LogP contribution in [0.2, 0.25) is 0 Å². The van der Waals surface area contributed by atoms with E-state index < -0.39 is 21.7 Å². The van der Waals surface area contributed by atoms with Gasteiger partial charge in [-0.1, -0.05) is 54.6 Å². The van der Waals surface area contributed by atoms with Crippen LogP contribution in [0.1, 0.15) is 50.5 Å². The van der Waals surface area contributed by atoms with Gasteiger partial charge in [-0.3, -0.25) is 9.78 Å². The van der Waals surface area contributed by atoms with Gasteiger partial charge in [-0.05, 0) is 61.6 Å². The fraction of sp³-hybridized carbons (Fsp3) is 0.406. The first-order valence-electron chi connectivity index (χ1n) is 14.8. The van der Waals surface area contributed by atoms with Crippen LogP contribution in [0.25, 0.3) is 22.4 Å². The molecule has 6 rings (SSSR count). The molecule has 11 heteroatoms. The Morgan fingerprint density at radius 1 is 0.930 bits per heavy atom. The summed E-state index contributed by atoms with van der Waals surface area (Å²) >= 11 is 0. The molecule has 0 unspecified atom stereocenters. The molecule has 226 valence electrons. The number of nitrogens with zero attached hydrogens (tertiary/aromatic N) is 1. The number of pyridine rings is 1. The van der Waals surface area contributed by atoms with E-state index in [9.17, 15) is 23.1 Å². The quantitative estimate of drug-likeness (QED) is 0.258. The molecule has 0 spiro atoms. The normalized spacial score (nSPS) is 21.4. The molecule has 2 aliphatic carbocycles. The molecular formula is C32H36N4O6S. The summed E-state index contributed by atoms with van der Waals surface area (Å²) < 4.78 is 32.7. The molecule has 1 aromatic heterocycles. The number of carbonyl (C=O) groups excluding carboxylic acids is 1. The lowest BCUT2D eigenvalue weighted by molar-refractivity contribution is -0.117. The molecule has 3 aromatic rings. The molecule has 3 fully saturated rings. The predicted octanol–water partition coefficient (Wildman–Crippen LogP) is 4.88. The number of rotatable bonds is 10. The number of hydrogen-bond donors (Lipinski definition) is 4. The summed E-state index contributed by atoms with van der Waals surface area (Å²) in [4.78, 5) is 29.1. The molecule has 2 aromatic carbocycles. The highest BCUT2D eigenvalue weighted by Crippen LogP contribution is 2.36. The Labute approximate surface area is 251 Å². The van der Waals surface area contributed by atoms with Gasteiger partial charge >= 0.3 is 6.09 Å². The van der Waals surface area contributed by atoms with E-state index in [2.05, 4.69) is 15.4 Å². The van der Waals surface area contributed by atoms with E-state index in [1.54, 1.807) is 6.20 Å². The van der Waals surface area contributed by atoms with Crippen LogP contribution in [0.3, 0.4) is 0 Å². The number of sulfonamides is 1. The largest absolute Gasteiger partial charge is 0.465 e. The van der Waals surface area contributed by atoms with Crippen molar-refractivity contribution in [3.63, 3.8) is 0 Å². The highest BCUT2D eigenvalue weighted by Gasteiger charge is 2.42. The van der Waals surface area contributed by atoms with Crippen LogP contribution in [0.15, 0.2) is 66.9 Å². The third kappa shape index (κ3) is 6.74. The van der Waals surface area contributed by atoms with E-state index in [0.29, 0.717) is 12.1 Å². The zero-order chi connectivity index (χ0) is 30.0. The summed E-state index contributed by atoms with van der Waals surface area (Å²) in [6.45, 7) is 0.558. The van der Waals surface area contributed by atoms with E-state index in [4.69, 9.17) is 9.72 Å². The summed E-state index contributed by atoms with van der Waals surface area (Å²) in [5.41, 5.74) is 4.09. The second kappa shape index (κ2) is 12.1. The molecular weight excluding hydrogens is 568 g/mol. The predicted molar refractivity (Wildman–Crippen MR) is 163 cm³/mol. The van der Waals surface area contributed by atoms with Gasteiger partial charge in [0.1, 0.15) is 5.54 Å². The van der Waals surface area contributed by atoms with Gasteiger partial charge < -0.3 is 20.5 Å². The summed E-state index contributed by atoms with van der Waals surface area (Å²) in [5.74, 6) is 0.125. The zero-order valence-electron chi connectivity index (χ0n) is 23.8. The number of hydrogen-bond acceptors (Lipinski definition) is 6. The van der Waals surface area contributed by atoms with Crippen molar-refractivity contribution in [2.24, 2.45) is 5.92 Å². The fourth-order valence-electron chi connectivity index (χ4n) is 6.04. The Kier molecular flexibility index (Phi) is 8.21. The van der Waals surface area contributed by atoms with E-state index in [-0.39, 0.29) is 36.3 Å². The molecule has 2 amide bonds. The lowest BCUT2D eigenvalue weighted by Gasteiger charge is -2.41. The fourth-order valence-corrected chi connectivity index (χ4v) is 7.68. The molecule has 2 saturated carbocycles. The van der Waals surface area contributed by atoms with Gasteiger partial charge in [-0.2, -0.15) is 0 Å². The van der Waals surface area contributed by atoms with Gasteiger partial charge in [-0.25, -0.2) is 17.9 Å². The Morgan fingerprint density at radius 3 is 2.23 bits per heavy atom.